The molecule has 1 amide bonds. The first kappa shape index (κ1) is 18.6. The van der Waals surface area contributed by atoms with Crippen molar-refractivity contribution >= 4 is 17.4 Å². The molecule has 1 N–H and O–H groups in total. The van der Waals surface area contributed by atoms with E-state index in [4.69, 9.17) is 9.47 Å². The number of anilines is 1. The van der Waals surface area contributed by atoms with Crippen molar-refractivity contribution in [2.45, 2.75) is 13.8 Å². The van der Waals surface area contributed by atoms with Gasteiger partial charge in [0, 0.05) is 25.9 Å². The third-order valence-corrected chi connectivity index (χ3v) is 3.68. The molecule has 0 unspecified atom stereocenters. The smallest absolute Gasteiger partial charge is 0.297 e. The Labute approximate surface area is 144 Å². The van der Waals surface area contributed by atoms with E-state index < -0.39 is 17.5 Å². The highest BCUT2D eigenvalue weighted by atomic mass is 19.1. The summed E-state index contributed by atoms with van der Waals surface area (Å²) in [5.41, 5.74) is 1.34. The number of halogens is 1. The van der Waals surface area contributed by atoms with E-state index in [2.05, 4.69) is 10.4 Å². The van der Waals surface area contributed by atoms with Gasteiger partial charge in [-0.15, -0.1) is 0 Å². The first-order chi connectivity index (χ1) is 11.8. The summed E-state index contributed by atoms with van der Waals surface area (Å²) in [5, 5.41) is 6.53. The number of hydrogen-bond donors (Lipinski definition) is 1. The summed E-state index contributed by atoms with van der Waals surface area (Å²) in [4.78, 5) is 24.8. The van der Waals surface area contributed by atoms with Gasteiger partial charge in [0.1, 0.15) is 18.2 Å². The van der Waals surface area contributed by atoms with E-state index in [0.29, 0.717) is 18.0 Å². The molecule has 1 heterocycles. The third-order valence-electron chi connectivity index (χ3n) is 3.68. The fourth-order valence-electron chi connectivity index (χ4n) is 2.36. The lowest BCUT2D eigenvalue weighted by atomic mass is 10.1. The zero-order chi connectivity index (χ0) is 18.6. The van der Waals surface area contributed by atoms with Gasteiger partial charge in [-0.1, -0.05) is 0 Å². The highest BCUT2D eigenvalue weighted by Gasteiger charge is 2.24. The molecule has 0 fully saturated rings. The number of benzene rings is 1. The number of nitrogens with zero attached hydrogens (tertiary/aromatic N) is 2. The third kappa shape index (κ3) is 4.21. The minimum absolute atomic E-state index is 0.0775. The summed E-state index contributed by atoms with van der Waals surface area (Å²) >= 11 is 0. The zero-order valence-corrected chi connectivity index (χ0v) is 14.6. The van der Waals surface area contributed by atoms with E-state index in [1.165, 1.54) is 23.9 Å². The minimum Gasteiger partial charge on any atom is -0.489 e. The molecule has 2 rings (SSSR count). The van der Waals surface area contributed by atoms with Crippen LogP contribution in [0.15, 0.2) is 18.2 Å². The fourth-order valence-corrected chi connectivity index (χ4v) is 2.36. The van der Waals surface area contributed by atoms with Crippen molar-refractivity contribution in [3.05, 3.63) is 41.0 Å². The normalized spacial score (nSPS) is 10.6. The molecule has 1 aromatic carbocycles. The molecule has 7 nitrogen and oxygen atoms in total. The first-order valence-electron chi connectivity index (χ1n) is 7.62. The number of hydrogen-bond acceptors (Lipinski definition) is 5. The van der Waals surface area contributed by atoms with Gasteiger partial charge < -0.3 is 14.8 Å². The largest absolute Gasteiger partial charge is 0.489 e. The second-order valence-electron chi connectivity index (χ2n) is 5.43. The Morgan fingerprint density at radius 2 is 2.00 bits per heavy atom. The van der Waals surface area contributed by atoms with Gasteiger partial charge in [-0.2, -0.15) is 5.10 Å². The molecule has 0 aliphatic rings. The van der Waals surface area contributed by atoms with E-state index in [1.807, 2.05) is 0 Å². The Morgan fingerprint density at radius 3 is 2.60 bits per heavy atom. The average molecular weight is 349 g/mol. The van der Waals surface area contributed by atoms with Crippen LogP contribution in [-0.4, -0.2) is 41.8 Å². The molecule has 0 radical (unpaired) electrons. The van der Waals surface area contributed by atoms with E-state index in [9.17, 15) is 14.0 Å². The summed E-state index contributed by atoms with van der Waals surface area (Å²) in [5.74, 6) is -1.94. The van der Waals surface area contributed by atoms with E-state index in [0.717, 1.165) is 6.07 Å². The number of methoxy groups -OCH3 is 1. The van der Waals surface area contributed by atoms with Crippen LogP contribution in [0, 0.1) is 19.7 Å². The van der Waals surface area contributed by atoms with Crippen LogP contribution in [0.1, 0.15) is 21.7 Å². The molecule has 1 aromatic heterocycles. The molecule has 134 valence electrons. The first-order valence-corrected chi connectivity index (χ1v) is 7.62. The summed E-state index contributed by atoms with van der Waals surface area (Å²) in [6, 6.07) is 3.68. The predicted octanol–water partition coefficient (Wildman–Crippen LogP) is 2.02. The number of carbonyl (C=O) groups is 2. The number of nitrogens with one attached hydrogen (secondary N) is 1. The van der Waals surface area contributed by atoms with Crippen LogP contribution in [0.2, 0.25) is 0 Å². The van der Waals surface area contributed by atoms with E-state index in [1.54, 1.807) is 20.9 Å². The molecule has 0 bridgehead atoms. The summed E-state index contributed by atoms with van der Waals surface area (Å²) in [7, 11) is 3.21. The predicted molar refractivity (Wildman–Crippen MR) is 89.4 cm³/mol. The van der Waals surface area contributed by atoms with Crippen molar-refractivity contribution in [1.82, 2.24) is 9.78 Å². The van der Waals surface area contributed by atoms with Crippen LogP contribution < -0.4 is 10.1 Å². The minimum atomic E-state index is -0.888. The second kappa shape index (κ2) is 7.89. The van der Waals surface area contributed by atoms with Gasteiger partial charge in [0.25, 0.3) is 11.7 Å². The van der Waals surface area contributed by atoms with Gasteiger partial charge in [-0.25, -0.2) is 4.39 Å². The van der Waals surface area contributed by atoms with Crippen molar-refractivity contribution < 1.29 is 23.5 Å². The number of rotatable bonds is 7. The summed E-state index contributed by atoms with van der Waals surface area (Å²) in [6.45, 7) is 3.90. The number of aryl methyl sites for hydroxylation is 2. The van der Waals surface area contributed by atoms with Crippen molar-refractivity contribution in [3.63, 3.8) is 0 Å². The summed E-state index contributed by atoms with van der Waals surface area (Å²) < 4.78 is 25.4. The molecule has 0 aliphatic heterocycles. The maximum atomic E-state index is 13.5. The Bertz CT molecular complexity index is 801. The molecule has 2 aromatic rings. The van der Waals surface area contributed by atoms with Crippen LogP contribution >= 0.6 is 0 Å². The maximum Gasteiger partial charge on any atom is 0.297 e. The van der Waals surface area contributed by atoms with Crippen LogP contribution in [0.25, 0.3) is 0 Å². The van der Waals surface area contributed by atoms with Gasteiger partial charge in [0.05, 0.1) is 23.6 Å². The monoisotopic (exact) mass is 349 g/mol. The lowest BCUT2D eigenvalue weighted by Gasteiger charge is -2.12. The average Bonchev–Trinajstić information content (AvgIpc) is 2.81. The van der Waals surface area contributed by atoms with E-state index in [-0.39, 0.29) is 23.6 Å². The van der Waals surface area contributed by atoms with Gasteiger partial charge in [0.15, 0.2) is 0 Å². The molecule has 0 atom stereocenters. The van der Waals surface area contributed by atoms with Crippen LogP contribution in [0.3, 0.4) is 0 Å². The van der Waals surface area contributed by atoms with Gasteiger partial charge in [0.2, 0.25) is 0 Å². The van der Waals surface area contributed by atoms with Crippen molar-refractivity contribution in [2.24, 2.45) is 7.05 Å². The highest BCUT2D eigenvalue weighted by Crippen LogP contribution is 2.26. The van der Waals surface area contributed by atoms with Crippen molar-refractivity contribution in [2.75, 3.05) is 25.6 Å². The molecule has 0 spiro atoms. The van der Waals surface area contributed by atoms with Crippen LogP contribution in [-0.2, 0) is 16.6 Å². The number of Topliss-reactive ketones (excluding diaryl/α,β-unsaturated/α-hetero) is 1. The Hall–Kier alpha value is -2.74. The second-order valence-corrected chi connectivity index (χ2v) is 5.43. The topological polar surface area (TPSA) is 82.4 Å². The molecule has 0 saturated heterocycles. The van der Waals surface area contributed by atoms with Gasteiger partial charge in [-0.3, -0.25) is 14.3 Å². The number of ether oxygens (including phenoxy) is 2. The molecule has 8 heteroatoms. The SMILES string of the molecule is COCCOc1ccc(F)cc1NC(=O)C(=O)c1c(C)nn(C)c1C. The number of amides is 1. The quantitative estimate of drug-likeness (QED) is 0.470. The lowest BCUT2D eigenvalue weighted by Crippen LogP contribution is -2.24. The molecular weight excluding hydrogens is 329 g/mol. The number of carbonyl (C=O) groups excluding carboxylic acids is 2. The molecule has 0 aliphatic carbocycles. The molecular formula is C17H20FN3O4. The lowest BCUT2D eigenvalue weighted by molar-refractivity contribution is -0.112. The Kier molecular flexibility index (Phi) is 5.87. The highest BCUT2D eigenvalue weighted by molar-refractivity contribution is 6.47. The fraction of sp³-hybridized carbons (Fsp3) is 0.353. The maximum absolute atomic E-state index is 13.5. The standard InChI is InChI=1S/C17H20FN3O4/c1-10-15(11(2)21(3)20-10)16(22)17(23)19-13-9-12(18)5-6-14(13)25-8-7-24-4/h5-6,9H,7-8H2,1-4H3,(H,19,23). The molecule has 0 saturated carbocycles. The van der Waals surface area contributed by atoms with E-state index >= 15 is 0 Å². The molecule has 25 heavy (non-hydrogen) atoms. The van der Waals surface area contributed by atoms with Gasteiger partial charge >= 0.3 is 0 Å². The zero-order valence-electron chi connectivity index (χ0n) is 14.6. The van der Waals surface area contributed by atoms with Gasteiger partial charge in [-0.05, 0) is 26.0 Å². The summed E-state index contributed by atoms with van der Waals surface area (Å²) in [6.07, 6.45) is 0. The van der Waals surface area contributed by atoms with Crippen LogP contribution in [0.5, 0.6) is 5.75 Å². The van der Waals surface area contributed by atoms with Crippen LogP contribution in [0.4, 0.5) is 10.1 Å². The van der Waals surface area contributed by atoms with Crippen molar-refractivity contribution in [1.29, 1.82) is 0 Å². The Morgan fingerprint density at radius 1 is 1.28 bits per heavy atom. The number of ketones is 1. The Balaban J connectivity index is 2.22. The number of aromatic nitrogens is 2. The van der Waals surface area contributed by atoms with Crippen molar-refractivity contribution in [3.8, 4) is 5.75 Å².